The van der Waals surface area contributed by atoms with E-state index < -0.39 is 6.04 Å². The van der Waals surface area contributed by atoms with Gasteiger partial charge in [0.1, 0.15) is 16.7 Å². The van der Waals surface area contributed by atoms with Gasteiger partial charge in [-0.1, -0.05) is 34.8 Å². The van der Waals surface area contributed by atoms with Gasteiger partial charge in [-0.25, -0.2) is 0 Å². The van der Waals surface area contributed by atoms with Crippen LogP contribution in [0.15, 0.2) is 30.3 Å². The van der Waals surface area contributed by atoms with Gasteiger partial charge in [0.15, 0.2) is 0 Å². The molecule has 1 aromatic carbocycles. The molecule has 1 unspecified atom stereocenters. The average molecular weight is 316 g/mol. The molecule has 0 spiro atoms. The van der Waals surface area contributed by atoms with Gasteiger partial charge >= 0.3 is 0 Å². The first-order valence-corrected chi connectivity index (χ1v) is 7.90. The molecule has 1 N–H and O–H groups in total. The molecule has 1 atom stereocenters. The summed E-state index contributed by atoms with van der Waals surface area (Å²) in [6.45, 7) is 2.13. The molecule has 114 valence electrons. The molecule has 0 radical (unpaired) electrons. The van der Waals surface area contributed by atoms with Crippen LogP contribution >= 0.6 is 11.5 Å². The first kappa shape index (κ1) is 14.6. The molecule has 2 amide bonds. The predicted molar refractivity (Wildman–Crippen MR) is 84.4 cm³/mol. The van der Waals surface area contributed by atoms with Gasteiger partial charge in [0, 0.05) is 30.6 Å². The fourth-order valence-corrected chi connectivity index (χ4v) is 3.26. The third-order valence-electron chi connectivity index (χ3n) is 3.73. The summed E-state index contributed by atoms with van der Waals surface area (Å²) in [6.07, 6.45) is 1.54. The molecule has 1 aliphatic rings. The lowest BCUT2D eigenvalue weighted by molar-refractivity contribution is -0.134. The average Bonchev–Trinajstić information content (AvgIpc) is 3.17. The zero-order valence-corrected chi connectivity index (χ0v) is 13.0. The van der Waals surface area contributed by atoms with Crippen molar-refractivity contribution in [3.63, 3.8) is 0 Å². The molecule has 1 aliphatic heterocycles. The van der Waals surface area contributed by atoms with Gasteiger partial charge in [-0.15, -0.1) is 5.10 Å². The Kier molecular flexibility index (Phi) is 4.15. The largest absolute Gasteiger partial charge is 0.331 e. The normalized spacial score (nSPS) is 17.5. The second-order valence-corrected chi connectivity index (χ2v) is 5.93. The Morgan fingerprint density at radius 1 is 1.32 bits per heavy atom. The Morgan fingerprint density at radius 3 is 2.82 bits per heavy atom. The summed E-state index contributed by atoms with van der Waals surface area (Å²) in [5.74, 6) is -0.237. The number of hydrogen-bond donors (Lipinski definition) is 1. The van der Waals surface area contributed by atoms with Crippen LogP contribution in [-0.2, 0) is 9.59 Å². The van der Waals surface area contributed by atoms with E-state index in [2.05, 4.69) is 14.9 Å². The van der Waals surface area contributed by atoms with E-state index in [1.54, 1.807) is 4.90 Å². The lowest BCUT2D eigenvalue weighted by atomic mass is 10.1. The van der Waals surface area contributed by atoms with Crippen molar-refractivity contribution in [3.05, 3.63) is 30.3 Å². The molecule has 7 heteroatoms. The van der Waals surface area contributed by atoms with Crippen molar-refractivity contribution in [1.82, 2.24) is 14.5 Å². The number of carbonyl (C=O) groups excluding carboxylic acids is 2. The molecule has 6 nitrogen and oxygen atoms in total. The van der Waals surface area contributed by atoms with Crippen LogP contribution in [0.25, 0.3) is 11.3 Å². The first-order chi connectivity index (χ1) is 10.7. The highest BCUT2D eigenvalue weighted by Crippen LogP contribution is 2.29. The summed E-state index contributed by atoms with van der Waals surface area (Å²) >= 11 is 1.14. The van der Waals surface area contributed by atoms with Gasteiger partial charge < -0.3 is 10.2 Å². The van der Waals surface area contributed by atoms with Crippen molar-refractivity contribution in [3.8, 4) is 11.3 Å². The zero-order chi connectivity index (χ0) is 15.5. The predicted octanol–water partition coefficient (Wildman–Crippen LogP) is 2.15. The van der Waals surface area contributed by atoms with Crippen molar-refractivity contribution >= 4 is 28.3 Å². The third-order valence-corrected chi connectivity index (χ3v) is 4.37. The first-order valence-electron chi connectivity index (χ1n) is 7.12. The molecule has 2 aromatic rings. The van der Waals surface area contributed by atoms with Crippen LogP contribution < -0.4 is 5.32 Å². The highest BCUT2D eigenvalue weighted by atomic mass is 32.1. The standard InChI is InChI=1S/C15H16N4O2S/c1-10(20)19-9-5-8-12(19)14(21)16-15-13(17-18-22-15)11-6-3-2-4-7-11/h2-4,6-7,12H,5,8-9H2,1H3,(H,16,21). The maximum absolute atomic E-state index is 12.5. The number of benzene rings is 1. The molecular weight excluding hydrogens is 300 g/mol. The number of rotatable bonds is 3. The minimum Gasteiger partial charge on any atom is -0.331 e. The van der Waals surface area contributed by atoms with E-state index in [9.17, 15) is 9.59 Å². The molecule has 2 heterocycles. The number of carbonyl (C=O) groups is 2. The lowest BCUT2D eigenvalue weighted by Gasteiger charge is -2.22. The third kappa shape index (κ3) is 2.85. The zero-order valence-electron chi connectivity index (χ0n) is 12.2. The smallest absolute Gasteiger partial charge is 0.247 e. The SMILES string of the molecule is CC(=O)N1CCCC1C(=O)Nc1snnc1-c1ccccc1. The molecule has 0 aliphatic carbocycles. The van der Waals surface area contributed by atoms with E-state index in [0.29, 0.717) is 23.7 Å². The number of anilines is 1. The van der Waals surface area contributed by atoms with E-state index in [1.807, 2.05) is 30.3 Å². The molecular formula is C15H16N4O2S. The number of likely N-dealkylation sites (tertiary alicyclic amines) is 1. The summed E-state index contributed by atoms with van der Waals surface area (Å²) < 4.78 is 3.93. The fourth-order valence-electron chi connectivity index (χ4n) is 2.67. The molecule has 3 rings (SSSR count). The van der Waals surface area contributed by atoms with Crippen LogP contribution in [0.3, 0.4) is 0 Å². The summed E-state index contributed by atoms with van der Waals surface area (Å²) in [5.41, 5.74) is 1.56. The van der Waals surface area contributed by atoms with E-state index >= 15 is 0 Å². The molecule has 1 fully saturated rings. The van der Waals surface area contributed by atoms with Crippen LogP contribution in [-0.4, -0.2) is 38.9 Å². The van der Waals surface area contributed by atoms with Gasteiger partial charge in [-0.05, 0) is 12.8 Å². The fraction of sp³-hybridized carbons (Fsp3) is 0.333. The quantitative estimate of drug-likeness (QED) is 0.941. The van der Waals surface area contributed by atoms with Crippen molar-refractivity contribution in [2.24, 2.45) is 0 Å². The summed E-state index contributed by atoms with van der Waals surface area (Å²) in [5, 5.41) is 7.59. The number of nitrogens with one attached hydrogen (secondary N) is 1. The van der Waals surface area contributed by atoms with Crippen LogP contribution in [0.4, 0.5) is 5.00 Å². The highest BCUT2D eigenvalue weighted by Gasteiger charge is 2.33. The van der Waals surface area contributed by atoms with Crippen molar-refractivity contribution in [2.45, 2.75) is 25.8 Å². The molecule has 1 saturated heterocycles. The Labute approximate surface area is 132 Å². The van der Waals surface area contributed by atoms with Crippen LogP contribution in [0, 0.1) is 0 Å². The number of nitrogens with zero attached hydrogens (tertiary/aromatic N) is 3. The topological polar surface area (TPSA) is 75.2 Å². The second-order valence-electron chi connectivity index (χ2n) is 5.18. The van der Waals surface area contributed by atoms with Gasteiger partial charge in [-0.2, -0.15) is 0 Å². The minimum absolute atomic E-state index is 0.0663. The second kappa shape index (κ2) is 6.23. The Hall–Kier alpha value is -2.28. The highest BCUT2D eigenvalue weighted by molar-refractivity contribution is 7.10. The van der Waals surface area contributed by atoms with Crippen molar-refractivity contribution in [1.29, 1.82) is 0 Å². The number of aromatic nitrogens is 2. The molecule has 0 saturated carbocycles. The van der Waals surface area contributed by atoms with Gasteiger partial charge in [0.05, 0.1) is 0 Å². The Balaban J connectivity index is 1.78. The number of hydrogen-bond acceptors (Lipinski definition) is 5. The molecule has 22 heavy (non-hydrogen) atoms. The summed E-state index contributed by atoms with van der Waals surface area (Å²) in [4.78, 5) is 25.6. The minimum atomic E-state index is -0.400. The van der Waals surface area contributed by atoms with Gasteiger partial charge in [-0.3, -0.25) is 9.59 Å². The summed E-state index contributed by atoms with van der Waals surface area (Å²) in [6, 6.07) is 9.19. The Morgan fingerprint density at radius 2 is 2.09 bits per heavy atom. The Bertz CT molecular complexity index is 686. The molecule has 1 aromatic heterocycles. The van der Waals surface area contributed by atoms with E-state index in [4.69, 9.17) is 0 Å². The van der Waals surface area contributed by atoms with Crippen LogP contribution in [0.5, 0.6) is 0 Å². The van der Waals surface area contributed by atoms with Crippen molar-refractivity contribution < 1.29 is 9.59 Å². The van der Waals surface area contributed by atoms with Crippen LogP contribution in [0.1, 0.15) is 19.8 Å². The van der Waals surface area contributed by atoms with Gasteiger partial charge in [0.25, 0.3) is 0 Å². The molecule has 0 bridgehead atoms. The maximum Gasteiger partial charge on any atom is 0.247 e. The van der Waals surface area contributed by atoms with Crippen molar-refractivity contribution in [2.75, 3.05) is 11.9 Å². The van der Waals surface area contributed by atoms with E-state index in [0.717, 1.165) is 23.5 Å². The summed E-state index contributed by atoms with van der Waals surface area (Å²) in [7, 11) is 0. The van der Waals surface area contributed by atoms with Gasteiger partial charge in [0.2, 0.25) is 11.8 Å². The number of amides is 2. The van der Waals surface area contributed by atoms with E-state index in [-0.39, 0.29) is 11.8 Å². The van der Waals surface area contributed by atoms with Crippen LogP contribution in [0.2, 0.25) is 0 Å². The van der Waals surface area contributed by atoms with E-state index in [1.165, 1.54) is 6.92 Å². The monoisotopic (exact) mass is 316 g/mol. The maximum atomic E-state index is 12.5. The lowest BCUT2D eigenvalue weighted by Crippen LogP contribution is -2.42.